The predicted molar refractivity (Wildman–Crippen MR) is 120 cm³/mol. The molecule has 150 valence electrons. The van der Waals surface area contributed by atoms with Gasteiger partial charge in [0.2, 0.25) is 0 Å². The minimum Gasteiger partial charge on any atom is -0.387 e. The number of aliphatic imine (C=N–C) groups is 1. The van der Waals surface area contributed by atoms with E-state index >= 15 is 0 Å². The lowest BCUT2D eigenvalue weighted by Gasteiger charge is -2.15. The number of hydrogen-bond acceptors (Lipinski definition) is 4. The summed E-state index contributed by atoms with van der Waals surface area (Å²) >= 11 is 0. The van der Waals surface area contributed by atoms with E-state index < -0.39 is 6.10 Å². The molecule has 0 radical (unpaired) electrons. The highest BCUT2D eigenvalue weighted by molar-refractivity contribution is 14.0. The van der Waals surface area contributed by atoms with Crippen LogP contribution in [0, 0.1) is 6.92 Å². The van der Waals surface area contributed by atoms with Crippen molar-refractivity contribution in [3.63, 3.8) is 0 Å². The van der Waals surface area contributed by atoms with Crippen molar-refractivity contribution in [2.24, 2.45) is 4.99 Å². The number of aliphatic hydroxyl groups is 1. The molecule has 0 saturated carbocycles. The van der Waals surface area contributed by atoms with Crippen molar-refractivity contribution in [1.29, 1.82) is 0 Å². The summed E-state index contributed by atoms with van der Waals surface area (Å²) in [7, 11) is 0. The van der Waals surface area contributed by atoms with Crippen LogP contribution < -0.4 is 10.6 Å². The summed E-state index contributed by atoms with van der Waals surface area (Å²) in [6.45, 7) is 9.80. The number of guanidine groups is 1. The first-order chi connectivity index (χ1) is 12.6. The monoisotopic (exact) mass is 486 g/mol. The zero-order valence-electron chi connectivity index (χ0n) is 16.6. The predicted octanol–water partition coefficient (Wildman–Crippen LogP) is 3.51. The van der Waals surface area contributed by atoms with Gasteiger partial charge in [-0.1, -0.05) is 48.8 Å². The molecule has 3 N–H and O–H groups in total. The van der Waals surface area contributed by atoms with Crippen LogP contribution in [0.25, 0.3) is 0 Å². The van der Waals surface area contributed by atoms with Crippen molar-refractivity contribution in [2.75, 3.05) is 13.1 Å². The molecule has 0 amide bonds. The molecule has 0 fully saturated rings. The highest BCUT2D eigenvalue weighted by atomic mass is 127. The highest BCUT2D eigenvalue weighted by Gasteiger charge is 2.13. The molecule has 2 rings (SSSR count). The summed E-state index contributed by atoms with van der Waals surface area (Å²) in [5.41, 5.74) is 4.09. The Morgan fingerprint density at radius 3 is 2.44 bits per heavy atom. The first kappa shape index (κ1) is 23.4. The molecule has 0 aliphatic rings. The number of rotatable bonds is 8. The van der Waals surface area contributed by atoms with E-state index in [1.54, 1.807) is 0 Å². The number of nitrogens with one attached hydrogen (secondary N) is 2. The molecule has 0 aliphatic heterocycles. The second kappa shape index (κ2) is 12.0. The van der Waals surface area contributed by atoms with Gasteiger partial charge in [0.25, 0.3) is 0 Å². The van der Waals surface area contributed by atoms with Crippen molar-refractivity contribution in [3.05, 3.63) is 52.4 Å². The van der Waals surface area contributed by atoms with Crippen LogP contribution in [0.15, 0.2) is 33.8 Å². The van der Waals surface area contributed by atoms with Gasteiger partial charge >= 0.3 is 0 Å². The SMILES string of the molecule is CCNC(=NCc1c(CC)noc1CC)NCC(O)c1ccc(C)cc1.I. The van der Waals surface area contributed by atoms with Crippen LogP contribution in [0.1, 0.15) is 55.0 Å². The zero-order valence-corrected chi connectivity index (χ0v) is 18.9. The van der Waals surface area contributed by atoms with Crippen LogP contribution in [-0.2, 0) is 19.4 Å². The number of aryl methyl sites for hydroxylation is 3. The zero-order chi connectivity index (χ0) is 18.9. The minimum atomic E-state index is -0.590. The van der Waals surface area contributed by atoms with Gasteiger partial charge in [-0.25, -0.2) is 4.99 Å². The summed E-state index contributed by atoms with van der Waals surface area (Å²) in [5, 5.41) is 20.9. The van der Waals surface area contributed by atoms with Gasteiger partial charge in [-0.2, -0.15) is 0 Å². The number of hydrogen-bond donors (Lipinski definition) is 3. The van der Waals surface area contributed by atoms with Gasteiger partial charge in [0.05, 0.1) is 18.3 Å². The van der Waals surface area contributed by atoms with E-state index in [-0.39, 0.29) is 24.0 Å². The Balaban J connectivity index is 0.00000364. The standard InChI is InChI=1S/C20H30N4O2.HI/c1-5-17-16(19(6-2)26-24-17)12-22-20(21-7-3)23-13-18(25)15-10-8-14(4)9-11-15;/h8-11,18,25H,5-7,12-13H2,1-4H3,(H2,21,22,23);1H. The largest absolute Gasteiger partial charge is 0.387 e. The van der Waals surface area contributed by atoms with Gasteiger partial charge < -0.3 is 20.3 Å². The summed E-state index contributed by atoms with van der Waals surface area (Å²) in [4.78, 5) is 4.64. The maximum absolute atomic E-state index is 10.4. The van der Waals surface area contributed by atoms with Gasteiger partial charge in [-0.3, -0.25) is 0 Å². The smallest absolute Gasteiger partial charge is 0.191 e. The second-order valence-corrected chi connectivity index (χ2v) is 6.24. The van der Waals surface area contributed by atoms with E-state index in [0.717, 1.165) is 42.0 Å². The first-order valence-corrected chi connectivity index (χ1v) is 9.32. The molecular weight excluding hydrogens is 455 g/mol. The average molecular weight is 486 g/mol. The summed E-state index contributed by atoms with van der Waals surface area (Å²) in [6.07, 6.45) is 1.03. The normalized spacial score (nSPS) is 12.4. The Labute approximate surface area is 178 Å². The number of benzene rings is 1. The topological polar surface area (TPSA) is 82.7 Å². The van der Waals surface area contributed by atoms with Crippen molar-refractivity contribution >= 4 is 29.9 Å². The molecular formula is C20H31IN4O2. The Bertz CT molecular complexity index is 692. The fourth-order valence-electron chi connectivity index (χ4n) is 2.72. The number of nitrogens with zero attached hydrogens (tertiary/aromatic N) is 2. The first-order valence-electron chi connectivity index (χ1n) is 9.32. The van der Waals surface area contributed by atoms with Crippen molar-refractivity contribution in [2.45, 2.75) is 53.2 Å². The van der Waals surface area contributed by atoms with Crippen molar-refractivity contribution < 1.29 is 9.63 Å². The Hall–Kier alpha value is -1.61. The molecule has 7 heteroatoms. The van der Waals surface area contributed by atoms with Gasteiger partial charge in [0, 0.05) is 25.1 Å². The molecule has 0 spiro atoms. The molecule has 0 bridgehead atoms. The van der Waals surface area contributed by atoms with Gasteiger partial charge in [-0.05, 0) is 25.8 Å². The average Bonchev–Trinajstić information content (AvgIpc) is 3.06. The lowest BCUT2D eigenvalue weighted by Crippen LogP contribution is -2.39. The van der Waals surface area contributed by atoms with E-state index in [2.05, 4.69) is 34.6 Å². The lowest BCUT2D eigenvalue weighted by atomic mass is 10.1. The van der Waals surface area contributed by atoms with Crippen LogP contribution in [0.2, 0.25) is 0 Å². The van der Waals surface area contributed by atoms with Crippen molar-refractivity contribution in [1.82, 2.24) is 15.8 Å². The number of halogens is 1. The molecule has 6 nitrogen and oxygen atoms in total. The van der Waals surface area contributed by atoms with Crippen LogP contribution >= 0.6 is 24.0 Å². The van der Waals surface area contributed by atoms with E-state index in [0.29, 0.717) is 19.0 Å². The second-order valence-electron chi connectivity index (χ2n) is 6.24. The molecule has 1 aromatic carbocycles. The molecule has 1 heterocycles. The number of aromatic nitrogens is 1. The van der Waals surface area contributed by atoms with Crippen molar-refractivity contribution in [3.8, 4) is 0 Å². The maximum Gasteiger partial charge on any atom is 0.191 e. The van der Waals surface area contributed by atoms with Gasteiger partial charge in [0.1, 0.15) is 5.76 Å². The Morgan fingerprint density at radius 1 is 1.15 bits per heavy atom. The van der Waals surface area contributed by atoms with Gasteiger partial charge in [-0.15, -0.1) is 24.0 Å². The van der Waals surface area contributed by atoms with Crippen LogP contribution in [0.5, 0.6) is 0 Å². The Morgan fingerprint density at radius 2 is 1.85 bits per heavy atom. The Kier molecular flexibility index (Phi) is 10.4. The lowest BCUT2D eigenvalue weighted by molar-refractivity contribution is 0.181. The third-order valence-electron chi connectivity index (χ3n) is 4.27. The number of aliphatic hydroxyl groups excluding tert-OH is 1. The molecule has 2 aromatic rings. The van der Waals surface area contributed by atoms with Crippen LogP contribution in [0.4, 0.5) is 0 Å². The minimum absolute atomic E-state index is 0. The fourth-order valence-corrected chi connectivity index (χ4v) is 2.72. The van der Waals surface area contributed by atoms with E-state index in [4.69, 9.17) is 4.52 Å². The molecule has 1 atom stereocenters. The quantitative estimate of drug-likeness (QED) is 0.302. The van der Waals surface area contributed by atoms with Gasteiger partial charge in [0.15, 0.2) is 5.96 Å². The molecule has 27 heavy (non-hydrogen) atoms. The van der Waals surface area contributed by atoms with Crippen LogP contribution in [0.3, 0.4) is 0 Å². The summed E-state index contributed by atoms with van der Waals surface area (Å²) < 4.78 is 5.39. The molecule has 0 saturated heterocycles. The fraction of sp³-hybridized carbons (Fsp3) is 0.500. The third-order valence-corrected chi connectivity index (χ3v) is 4.27. The van der Waals surface area contributed by atoms with E-state index in [1.165, 1.54) is 5.56 Å². The molecule has 0 aliphatic carbocycles. The molecule has 1 aromatic heterocycles. The third kappa shape index (κ3) is 6.80. The van der Waals surface area contributed by atoms with E-state index in [9.17, 15) is 5.11 Å². The van der Waals surface area contributed by atoms with E-state index in [1.807, 2.05) is 38.1 Å². The highest BCUT2D eigenvalue weighted by Crippen LogP contribution is 2.17. The molecule has 1 unspecified atom stereocenters. The maximum atomic E-state index is 10.4. The summed E-state index contributed by atoms with van der Waals surface area (Å²) in [5.74, 6) is 1.56. The van der Waals surface area contributed by atoms with Crippen LogP contribution in [-0.4, -0.2) is 29.3 Å². The summed E-state index contributed by atoms with van der Waals surface area (Å²) in [6, 6.07) is 7.90.